The lowest BCUT2D eigenvalue weighted by atomic mass is 10.1. The third-order valence-electron chi connectivity index (χ3n) is 3.67. The van der Waals surface area contributed by atoms with Crippen molar-refractivity contribution in [3.8, 4) is 0 Å². The van der Waals surface area contributed by atoms with Crippen molar-refractivity contribution in [2.45, 2.75) is 39.2 Å². The monoisotopic (exact) mass is 401 g/mol. The van der Waals surface area contributed by atoms with Crippen LogP contribution in [0.1, 0.15) is 44.0 Å². The molecular weight excluding hydrogens is 378 g/mol. The van der Waals surface area contributed by atoms with E-state index in [1.807, 2.05) is 0 Å². The summed E-state index contributed by atoms with van der Waals surface area (Å²) in [5, 5.41) is 14.3. The van der Waals surface area contributed by atoms with E-state index in [-0.39, 0.29) is 24.9 Å². The van der Waals surface area contributed by atoms with E-state index >= 15 is 0 Å². The summed E-state index contributed by atoms with van der Waals surface area (Å²) in [5.41, 5.74) is 0.361. The van der Waals surface area contributed by atoms with E-state index in [0.29, 0.717) is 16.6 Å². The minimum atomic E-state index is -1.07. The van der Waals surface area contributed by atoms with E-state index < -0.39 is 29.4 Å². The Balaban J connectivity index is 2.17. The molecule has 0 saturated heterocycles. The molecule has 0 aliphatic rings. The minimum absolute atomic E-state index is 0.179. The van der Waals surface area contributed by atoms with Crippen molar-refractivity contribution in [2.24, 2.45) is 0 Å². The van der Waals surface area contributed by atoms with Crippen LogP contribution in [0.15, 0.2) is 30.5 Å². The average Bonchev–Trinajstić information content (AvgIpc) is 2.63. The van der Waals surface area contributed by atoms with Gasteiger partial charge in [-0.05, 0) is 32.9 Å². The van der Waals surface area contributed by atoms with Gasteiger partial charge in [0.2, 0.25) is 5.91 Å². The van der Waals surface area contributed by atoms with Gasteiger partial charge >= 0.3 is 11.9 Å². The number of hydrogen-bond donors (Lipinski definition) is 3. The number of pyridine rings is 1. The molecule has 1 aromatic heterocycles. The first kappa shape index (κ1) is 21.8. The number of carbonyl (C=O) groups excluding carboxylic acids is 3. The zero-order valence-corrected chi connectivity index (χ0v) is 16.4. The predicted octanol–water partition coefficient (Wildman–Crippen LogP) is 2.11. The summed E-state index contributed by atoms with van der Waals surface area (Å²) >= 11 is 0. The molecule has 3 N–H and O–H groups in total. The number of fused-ring (bicyclic) bond motifs is 1. The number of ether oxygens (including phenoxy) is 1. The maximum absolute atomic E-state index is 12.5. The summed E-state index contributed by atoms with van der Waals surface area (Å²) in [5.74, 6) is -2.59. The number of esters is 1. The summed E-state index contributed by atoms with van der Waals surface area (Å²) in [4.78, 5) is 51.1. The van der Waals surface area contributed by atoms with Crippen LogP contribution in [-0.2, 0) is 19.1 Å². The Kier molecular flexibility index (Phi) is 6.87. The Bertz CT molecular complexity index is 949. The average molecular weight is 401 g/mol. The number of anilines is 1. The molecule has 0 unspecified atom stereocenters. The summed E-state index contributed by atoms with van der Waals surface area (Å²) in [6, 6.07) is 6.41. The first-order valence-electron chi connectivity index (χ1n) is 8.96. The van der Waals surface area contributed by atoms with Gasteiger partial charge in [-0.15, -0.1) is 0 Å². The normalized spacial score (nSPS) is 11.0. The number of nitrogens with zero attached hydrogens (tertiary/aromatic N) is 1. The number of hydrogen-bond acceptors (Lipinski definition) is 6. The minimum Gasteiger partial charge on any atom is -0.481 e. The van der Waals surface area contributed by atoms with E-state index in [1.54, 1.807) is 39.0 Å². The fourth-order valence-electron chi connectivity index (χ4n) is 2.53. The lowest BCUT2D eigenvalue weighted by Crippen LogP contribution is -2.34. The molecule has 0 spiro atoms. The van der Waals surface area contributed by atoms with Gasteiger partial charge in [-0.3, -0.25) is 24.2 Å². The van der Waals surface area contributed by atoms with Gasteiger partial charge in [-0.1, -0.05) is 12.1 Å². The molecule has 0 fully saturated rings. The molecule has 154 valence electrons. The van der Waals surface area contributed by atoms with Crippen LogP contribution < -0.4 is 10.6 Å². The molecule has 2 rings (SSSR count). The molecule has 0 aliphatic carbocycles. The maximum atomic E-state index is 12.5. The number of carboxylic acids is 1. The molecule has 1 heterocycles. The Labute approximate surface area is 167 Å². The number of para-hydroxylation sites is 1. The molecule has 2 amide bonds. The first-order valence-corrected chi connectivity index (χ1v) is 8.96. The number of nitrogens with one attached hydrogen (secondary N) is 2. The summed E-state index contributed by atoms with van der Waals surface area (Å²) in [6.07, 6.45) is 0.946. The van der Waals surface area contributed by atoms with Crippen molar-refractivity contribution < 1.29 is 29.0 Å². The Hall–Kier alpha value is -3.49. The van der Waals surface area contributed by atoms with Crippen molar-refractivity contribution in [1.82, 2.24) is 10.3 Å². The smallest absolute Gasteiger partial charge is 0.325 e. The van der Waals surface area contributed by atoms with Crippen LogP contribution in [0.5, 0.6) is 0 Å². The van der Waals surface area contributed by atoms with Crippen LogP contribution >= 0.6 is 0 Å². The Morgan fingerprint density at radius 3 is 2.48 bits per heavy atom. The fourth-order valence-corrected chi connectivity index (χ4v) is 2.53. The molecule has 0 bridgehead atoms. The molecule has 1 aromatic carbocycles. The van der Waals surface area contributed by atoms with Crippen molar-refractivity contribution >= 4 is 40.3 Å². The molecule has 2 aromatic rings. The highest BCUT2D eigenvalue weighted by molar-refractivity contribution is 6.10. The van der Waals surface area contributed by atoms with Crippen molar-refractivity contribution in [1.29, 1.82) is 0 Å². The highest BCUT2D eigenvalue weighted by atomic mass is 16.6. The van der Waals surface area contributed by atoms with Gasteiger partial charge in [0.05, 0.1) is 23.2 Å². The second-order valence-corrected chi connectivity index (χ2v) is 7.27. The fraction of sp³-hybridized carbons (Fsp3) is 0.350. The number of amides is 2. The van der Waals surface area contributed by atoms with Gasteiger partial charge in [-0.25, -0.2) is 0 Å². The second-order valence-electron chi connectivity index (χ2n) is 7.27. The van der Waals surface area contributed by atoms with Crippen LogP contribution in [0.25, 0.3) is 10.9 Å². The first-order chi connectivity index (χ1) is 13.6. The lowest BCUT2D eigenvalue weighted by molar-refractivity contribution is -0.153. The van der Waals surface area contributed by atoms with Gasteiger partial charge in [0.1, 0.15) is 12.1 Å². The van der Waals surface area contributed by atoms with Gasteiger partial charge in [0, 0.05) is 18.0 Å². The van der Waals surface area contributed by atoms with Crippen LogP contribution in [0.2, 0.25) is 0 Å². The molecule has 0 saturated carbocycles. The van der Waals surface area contributed by atoms with Gasteiger partial charge in [-0.2, -0.15) is 0 Å². The standard InChI is InChI=1S/C20H23N3O6/c1-20(2,3)29-17(27)11-22-19(28)13-9-10-21-18-12(13)5-4-6-14(18)23-15(24)7-8-16(25)26/h4-6,9-10H,7-8,11H2,1-3H3,(H,22,28)(H,23,24)(H,25,26). The summed E-state index contributed by atoms with van der Waals surface area (Å²) < 4.78 is 5.16. The number of benzene rings is 1. The van der Waals surface area contributed by atoms with Crippen LogP contribution in [0.4, 0.5) is 5.69 Å². The lowest BCUT2D eigenvalue weighted by Gasteiger charge is -2.19. The molecule has 29 heavy (non-hydrogen) atoms. The van der Waals surface area contributed by atoms with E-state index in [9.17, 15) is 19.2 Å². The molecule has 0 aliphatic heterocycles. The Morgan fingerprint density at radius 2 is 1.83 bits per heavy atom. The second kappa shape index (κ2) is 9.13. The number of aliphatic carboxylic acids is 1. The topological polar surface area (TPSA) is 135 Å². The predicted molar refractivity (Wildman–Crippen MR) is 105 cm³/mol. The van der Waals surface area contributed by atoms with Crippen molar-refractivity contribution in [2.75, 3.05) is 11.9 Å². The number of carboxylic acid groups (broad SMARTS) is 1. The number of aromatic nitrogens is 1. The van der Waals surface area contributed by atoms with E-state index in [2.05, 4.69) is 15.6 Å². The largest absolute Gasteiger partial charge is 0.481 e. The highest BCUT2D eigenvalue weighted by Gasteiger charge is 2.18. The summed E-state index contributed by atoms with van der Waals surface area (Å²) in [7, 11) is 0. The number of carbonyl (C=O) groups is 4. The van der Waals surface area contributed by atoms with Crippen molar-refractivity contribution in [3.63, 3.8) is 0 Å². The zero-order valence-electron chi connectivity index (χ0n) is 16.4. The quantitative estimate of drug-likeness (QED) is 0.605. The third-order valence-corrected chi connectivity index (χ3v) is 3.67. The molecule has 9 heteroatoms. The van der Waals surface area contributed by atoms with Gasteiger partial charge in [0.25, 0.3) is 5.91 Å². The Morgan fingerprint density at radius 1 is 1.10 bits per heavy atom. The van der Waals surface area contributed by atoms with Crippen LogP contribution in [0, 0.1) is 0 Å². The van der Waals surface area contributed by atoms with Crippen LogP contribution in [-0.4, -0.2) is 46.0 Å². The van der Waals surface area contributed by atoms with Crippen molar-refractivity contribution in [3.05, 3.63) is 36.0 Å². The SMILES string of the molecule is CC(C)(C)OC(=O)CNC(=O)c1ccnc2c(NC(=O)CCC(=O)O)cccc12. The van der Waals surface area contributed by atoms with E-state index in [4.69, 9.17) is 9.84 Å². The van der Waals surface area contributed by atoms with Gasteiger partial charge < -0.3 is 20.5 Å². The maximum Gasteiger partial charge on any atom is 0.325 e. The molecule has 0 atom stereocenters. The molecular formula is C20H23N3O6. The summed E-state index contributed by atoms with van der Waals surface area (Å²) in [6.45, 7) is 4.91. The van der Waals surface area contributed by atoms with Gasteiger partial charge in [0.15, 0.2) is 0 Å². The highest BCUT2D eigenvalue weighted by Crippen LogP contribution is 2.24. The van der Waals surface area contributed by atoms with E-state index in [0.717, 1.165) is 0 Å². The van der Waals surface area contributed by atoms with E-state index in [1.165, 1.54) is 12.3 Å². The van der Waals surface area contributed by atoms with Crippen LogP contribution in [0.3, 0.4) is 0 Å². The zero-order chi connectivity index (χ0) is 21.6. The number of rotatable bonds is 7. The third kappa shape index (κ3) is 6.56. The molecule has 0 radical (unpaired) electrons. The molecule has 9 nitrogen and oxygen atoms in total.